The van der Waals surface area contributed by atoms with E-state index in [1.54, 1.807) is 7.11 Å². The number of ether oxygens (including phenoxy) is 2. The molecule has 3 heterocycles. The molecule has 3 aromatic rings. The summed E-state index contributed by atoms with van der Waals surface area (Å²) in [5.41, 5.74) is 5.10. The molecule has 2 aliphatic heterocycles. The fraction of sp³-hybridized carbons (Fsp3) is 0.414. The van der Waals surface area contributed by atoms with E-state index in [2.05, 4.69) is 56.1 Å². The Labute approximate surface area is 209 Å². The van der Waals surface area contributed by atoms with Gasteiger partial charge < -0.3 is 19.3 Å². The molecule has 1 saturated heterocycles. The van der Waals surface area contributed by atoms with Crippen molar-refractivity contribution in [2.75, 3.05) is 62.8 Å². The summed E-state index contributed by atoms with van der Waals surface area (Å²) < 4.78 is 11.9. The third kappa shape index (κ3) is 5.70. The van der Waals surface area contributed by atoms with Gasteiger partial charge in [0.2, 0.25) is 0 Å². The van der Waals surface area contributed by atoms with Crippen LogP contribution in [0, 0.1) is 0 Å². The predicted molar refractivity (Wildman–Crippen MR) is 142 cm³/mol. The molecule has 184 valence electrons. The number of rotatable bonds is 9. The Hall–Kier alpha value is -3.25. The van der Waals surface area contributed by atoms with Gasteiger partial charge in [-0.15, -0.1) is 0 Å². The number of methoxy groups -OCH3 is 1. The first-order chi connectivity index (χ1) is 17.3. The molecule has 5 rings (SSSR count). The highest BCUT2D eigenvalue weighted by molar-refractivity contribution is 5.65. The Balaban J connectivity index is 1.13. The highest BCUT2D eigenvalue weighted by Crippen LogP contribution is 2.37. The number of piperazine rings is 1. The largest absolute Gasteiger partial charge is 0.495 e. The molecule has 6 heteroatoms. The molecular weight excluding hydrogens is 436 g/mol. The van der Waals surface area contributed by atoms with Crippen LogP contribution in [0.25, 0.3) is 0 Å². The lowest BCUT2D eigenvalue weighted by Gasteiger charge is -2.36. The molecule has 2 aromatic carbocycles. The summed E-state index contributed by atoms with van der Waals surface area (Å²) in [4.78, 5) is 11.7. The minimum atomic E-state index is 0.740. The molecule has 1 aromatic heterocycles. The van der Waals surface area contributed by atoms with E-state index in [4.69, 9.17) is 9.47 Å². The number of anilines is 2. The highest BCUT2D eigenvalue weighted by atomic mass is 16.5. The van der Waals surface area contributed by atoms with Crippen LogP contribution in [-0.2, 0) is 13.0 Å². The van der Waals surface area contributed by atoms with E-state index >= 15 is 0 Å². The van der Waals surface area contributed by atoms with Crippen LogP contribution in [0.1, 0.15) is 24.0 Å². The van der Waals surface area contributed by atoms with Gasteiger partial charge in [0.1, 0.15) is 11.5 Å². The third-order valence-electron chi connectivity index (χ3n) is 7.04. The van der Waals surface area contributed by atoms with E-state index in [0.29, 0.717) is 0 Å². The molecule has 0 unspecified atom stereocenters. The Morgan fingerprint density at radius 3 is 2.57 bits per heavy atom. The average Bonchev–Trinajstić information content (AvgIpc) is 2.92. The van der Waals surface area contributed by atoms with Gasteiger partial charge >= 0.3 is 0 Å². The molecule has 0 saturated carbocycles. The van der Waals surface area contributed by atoms with E-state index in [0.717, 1.165) is 76.8 Å². The molecule has 2 aliphatic rings. The first-order valence-corrected chi connectivity index (χ1v) is 12.8. The molecule has 35 heavy (non-hydrogen) atoms. The number of benzene rings is 2. The number of hydrogen-bond acceptors (Lipinski definition) is 6. The highest BCUT2D eigenvalue weighted by Gasteiger charge is 2.22. The maximum Gasteiger partial charge on any atom is 0.142 e. The lowest BCUT2D eigenvalue weighted by atomic mass is 10.0. The van der Waals surface area contributed by atoms with Gasteiger partial charge in [0, 0.05) is 58.2 Å². The zero-order valence-electron chi connectivity index (χ0n) is 20.7. The average molecular weight is 473 g/mol. The third-order valence-corrected chi connectivity index (χ3v) is 7.04. The lowest BCUT2D eigenvalue weighted by molar-refractivity contribution is 0.224. The van der Waals surface area contributed by atoms with E-state index in [1.165, 1.54) is 28.9 Å². The van der Waals surface area contributed by atoms with Gasteiger partial charge in [0.25, 0.3) is 0 Å². The maximum atomic E-state index is 6.37. The summed E-state index contributed by atoms with van der Waals surface area (Å²) >= 11 is 0. The number of para-hydroxylation sites is 3. The van der Waals surface area contributed by atoms with Crippen molar-refractivity contribution in [3.8, 4) is 11.5 Å². The van der Waals surface area contributed by atoms with E-state index in [9.17, 15) is 0 Å². The van der Waals surface area contributed by atoms with Crippen LogP contribution in [0.2, 0.25) is 0 Å². The monoisotopic (exact) mass is 472 g/mol. The van der Waals surface area contributed by atoms with Gasteiger partial charge in [-0.1, -0.05) is 30.3 Å². The van der Waals surface area contributed by atoms with Crippen LogP contribution in [-0.4, -0.2) is 62.9 Å². The Morgan fingerprint density at radius 1 is 0.886 bits per heavy atom. The second-order valence-electron chi connectivity index (χ2n) is 9.35. The molecule has 0 atom stereocenters. The molecule has 0 amide bonds. The SMILES string of the molecule is COc1ccccc1N1CCN(CCCOc2cccc3c2N(Cc2cccnc2)CCC3)CC1. The van der Waals surface area contributed by atoms with Crippen LogP contribution in [0.3, 0.4) is 0 Å². The fourth-order valence-corrected chi connectivity index (χ4v) is 5.26. The molecule has 6 nitrogen and oxygen atoms in total. The van der Waals surface area contributed by atoms with Crippen LogP contribution in [0.5, 0.6) is 11.5 Å². The number of hydrogen-bond donors (Lipinski definition) is 0. The topological polar surface area (TPSA) is 41.1 Å². The lowest BCUT2D eigenvalue weighted by Crippen LogP contribution is -2.46. The second-order valence-corrected chi connectivity index (χ2v) is 9.35. The van der Waals surface area contributed by atoms with E-state index < -0.39 is 0 Å². The van der Waals surface area contributed by atoms with Crippen LogP contribution in [0.15, 0.2) is 67.0 Å². The standard InChI is InChI=1S/C29H36N4O2/c1-34-27-12-3-2-11-26(27)32-19-17-31(18-20-32)15-7-21-35-28-13-4-9-25-10-6-16-33(29(25)28)23-24-8-5-14-30-22-24/h2-5,8-9,11-14,22H,6-7,10,15-21,23H2,1H3. The number of pyridine rings is 1. The zero-order chi connectivity index (χ0) is 23.9. The summed E-state index contributed by atoms with van der Waals surface area (Å²) in [7, 11) is 1.75. The van der Waals surface area contributed by atoms with Crippen molar-refractivity contribution in [1.82, 2.24) is 9.88 Å². The summed E-state index contributed by atoms with van der Waals surface area (Å²) in [6, 6.07) is 19.0. The number of aromatic nitrogens is 1. The van der Waals surface area contributed by atoms with Crippen molar-refractivity contribution in [3.63, 3.8) is 0 Å². The molecule has 1 fully saturated rings. The van der Waals surface area contributed by atoms with Gasteiger partial charge in [-0.2, -0.15) is 0 Å². The van der Waals surface area contributed by atoms with Gasteiger partial charge in [-0.25, -0.2) is 0 Å². The summed E-state index contributed by atoms with van der Waals surface area (Å²) in [5, 5.41) is 0. The van der Waals surface area contributed by atoms with Gasteiger partial charge in [0.15, 0.2) is 0 Å². The second kappa shape index (κ2) is 11.5. The summed E-state index contributed by atoms with van der Waals surface area (Å²) in [6.07, 6.45) is 7.12. The van der Waals surface area contributed by atoms with Crippen molar-refractivity contribution in [2.24, 2.45) is 0 Å². The molecule has 0 spiro atoms. The van der Waals surface area contributed by atoms with Gasteiger partial charge in [-0.05, 0) is 54.7 Å². The maximum absolute atomic E-state index is 6.37. The summed E-state index contributed by atoms with van der Waals surface area (Å²) in [5.74, 6) is 1.98. The van der Waals surface area contributed by atoms with Crippen LogP contribution in [0.4, 0.5) is 11.4 Å². The molecular formula is C29H36N4O2. The molecule has 0 bridgehead atoms. The Morgan fingerprint density at radius 2 is 1.74 bits per heavy atom. The molecule has 0 aliphatic carbocycles. The first-order valence-electron chi connectivity index (χ1n) is 12.8. The Kier molecular flexibility index (Phi) is 7.69. The fourth-order valence-electron chi connectivity index (χ4n) is 5.26. The van der Waals surface area contributed by atoms with Crippen molar-refractivity contribution in [2.45, 2.75) is 25.8 Å². The number of fused-ring (bicyclic) bond motifs is 1. The van der Waals surface area contributed by atoms with Gasteiger partial charge in [-0.3, -0.25) is 9.88 Å². The van der Waals surface area contributed by atoms with Gasteiger partial charge in [0.05, 0.1) is 25.1 Å². The smallest absolute Gasteiger partial charge is 0.142 e. The minimum absolute atomic E-state index is 0.740. The molecule has 0 radical (unpaired) electrons. The zero-order valence-corrected chi connectivity index (χ0v) is 20.7. The quantitative estimate of drug-likeness (QED) is 0.423. The van der Waals surface area contributed by atoms with E-state index in [1.807, 2.05) is 30.6 Å². The van der Waals surface area contributed by atoms with Crippen molar-refractivity contribution < 1.29 is 9.47 Å². The predicted octanol–water partition coefficient (Wildman–Crippen LogP) is 4.63. The van der Waals surface area contributed by atoms with Crippen LogP contribution < -0.4 is 19.3 Å². The van der Waals surface area contributed by atoms with Crippen molar-refractivity contribution in [3.05, 3.63) is 78.1 Å². The first kappa shape index (κ1) is 23.5. The van der Waals surface area contributed by atoms with Crippen molar-refractivity contribution >= 4 is 11.4 Å². The number of aryl methyl sites for hydroxylation is 1. The van der Waals surface area contributed by atoms with Crippen LogP contribution >= 0.6 is 0 Å². The summed E-state index contributed by atoms with van der Waals surface area (Å²) in [6.45, 7) is 7.91. The van der Waals surface area contributed by atoms with Crippen molar-refractivity contribution in [1.29, 1.82) is 0 Å². The number of nitrogens with zero attached hydrogens (tertiary/aromatic N) is 4. The van der Waals surface area contributed by atoms with E-state index in [-0.39, 0.29) is 0 Å². The minimum Gasteiger partial charge on any atom is -0.495 e. The molecule has 0 N–H and O–H groups in total. The Bertz CT molecular complexity index is 1080. The normalized spacial score (nSPS) is 16.1.